The Morgan fingerprint density at radius 2 is 1.48 bits per heavy atom. The van der Waals surface area contributed by atoms with Gasteiger partial charge in [0.25, 0.3) is 0 Å². The molecule has 114 valence electrons. The molecule has 0 saturated carbocycles. The van der Waals surface area contributed by atoms with Crippen molar-refractivity contribution in [2.24, 2.45) is 0 Å². The first-order valence-electron chi connectivity index (χ1n) is 7.96. The zero-order chi connectivity index (χ0) is 15.8. The molecule has 23 heavy (non-hydrogen) atoms. The zero-order valence-corrected chi connectivity index (χ0v) is 12.8. The fourth-order valence-electron chi connectivity index (χ4n) is 3.50. The van der Waals surface area contributed by atoms with Crippen LogP contribution in [-0.2, 0) is 6.54 Å². The molecule has 1 aliphatic carbocycles. The zero-order valence-electron chi connectivity index (χ0n) is 12.8. The van der Waals surface area contributed by atoms with E-state index in [-0.39, 0.29) is 11.6 Å². The number of ketones is 2. The first-order chi connectivity index (χ1) is 11.3. The highest BCUT2D eigenvalue weighted by Crippen LogP contribution is 2.34. The monoisotopic (exact) mass is 303 g/mol. The molecule has 2 aliphatic rings. The quantitative estimate of drug-likeness (QED) is 0.850. The SMILES string of the molecule is O=C1C2=C(C(=O)c3ccccc31)N(Cc1ccccc1)CCC2. The van der Waals surface area contributed by atoms with Crippen molar-refractivity contribution in [1.29, 1.82) is 0 Å². The van der Waals surface area contributed by atoms with Crippen molar-refractivity contribution >= 4 is 11.6 Å². The Balaban J connectivity index is 1.76. The molecule has 3 nitrogen and oxygen atoms in total. The van der Waals surface area contributed by atoms with Crippen molar-refractivity contribution in [2.45, 2.75) is 19.4 Å². The molecule has 4 rings (SSSR count). The van der Waals surface area contributed by atoms with Crippen molar-refractivity contribution in [1.82, 2.24) is 4.90 Å². The molecule has 0 N–H and O–H groups in total. The second kappa shape index (κ2) is 5.51. The fraction of sp³-hybridized carbons (Fsp3) is 0.200. The molecule has 1 aliphatic heterocycles. The van der Waals surface area contributed by atoms with Crippen LogP contribution < -0.4 is 0 Å². The maximum Gasteiger partial charge on any atom is 0.210 e. The summed E-state index contributed by atoms with van der Waals surface area (Å²) < 4.78 is 0. The second-order valence-electron chi connectivity index (χ2n) is 6.04. The van der Waals surface area contributed by atoms with E-state index in [4.69, 9.17) is 0 Å². The first kappa shape index (κ1) is 13.9. The van der Waals surface area contributed by atoms with Crippen LogP contribution in [0.5, 0.6) is 0 Å². The fourth-order valence-corrected chi connectivity index (χ4v) is 3.50. The maximum atomic E-state index is 12.9. The van der Waals surface area contributed by atoms with Crippen LogP contribution in [0.2, 0.25) is 0 Å². The summed E-state index contributed by atoms with van der Waals surface area (Å²) in [6.45, 7) is 1.48. The van der Waals surface area contributed by atoms with Gasteiger partial charge < -0.3 is 4.90 Å². The number of carbonyl (C=O) groups is 2. The normalized spacial score (nSPS) is 17.1. The van der Waals surface area contributed by atoms with E-state index in [0.29, 0.717) is 35.4 Å². The van der Waals surface area contributed by atoms with E-state index in [2.05, 4.69) is 17.0 Å². The third kappa shape index (κ3) is 2.29. The van der Waals surface area contributed by atoms with Crippen LogP contribution in [0, 0.1) is 0 Å². The Hall–Kier alpha value is -2.68. The lowest BCUT2D eigenvalue weighted by Gasteiger charge is -2.35. The molecule has 0 aromatic heterocycles. The number of fused-ring (bicyclic) bond motifs is 1. The molecule has 0 saturated heterocycles. The van der Waals surface area contributed by atoms with Gasteiger partial charge in [0.05, 0.1) is 5.70 Å². The van der Waals surface area contributed by atoms with Crippen LogP contribution >= 0.6 is 0 Å². The van der Waals surface area contributed by atoms with Gasteiger partial charge in [0, 0.05) is 29.8 Å². The van der Waals surface area contributed by atoms with E-state index in [9.17, 15) is 9.59 Å². The van der Waals surface area contributed by atoms with Gasteiger partial charge in [0.1, 0.15) is 0 Å². The van der Waals surface area contributed by atoms with Gasteiger partial charge in [-0.25, -0.2) is 0 Å². The summed E-state index contributed by atoms with van der Waals surface area (Å²) in [6.07, 6.45) is 1.60. The van der Waals surface area contributed by atoms with Gasteiger partial charge in [-0.3, -0.25) is 9.59 Å². The highest BCUT2D eigenvalue weighted by molar-refractivity contribution is 6.26. The first-order valence-corrected chi connectivity index (χ1v) is 7.96. The van der Waals surface area contributed by atoms with Crippen LogP contribution in [0.3, 0.4) is 0 Å². The largest absolute Gasteiger partial charge is 0.364 e. The number of hydrogen-bond donors (Lipinski definition) is 0. The smallest absolute Gasteiger partial charge is 0.210 e. The Bertz CT molecular complexity index is 821. The average molecular weight is 303 g/mol. The van der Waals surface area contributed by atoms with Gasteiger partial charge in [-0.2, -0.15) is 0 Å². The van der Waals surface area contributed by atoms with E-state index >= 15 is 0 Å². The van der Waals surface area contributed by atoms with E-state index in [1.807, 2.05) is 30.3 Å². The van der Waals surface area contributed by atoms with Crippen molar-refractivity contribution < 1.29 is 9.59 Å². The summed E-state index contributed by atoms with van der Waals surface area (Å²) in [4.78, 5) is 27.8. The number of carbonyl (C=O) groups excluding carboxylic acids is 2. The van der Waals surface area contributed by atoms with Crippen molar-refractivity contribution in [3.05, 3.63) is 82.6 Å². The molecule has 2 aromatic carbocycles. The number of Topliss-reactive ketones (excluding diaryl/α,β-unsaturated/α-hetero) is 2. The maximum absolute atomic E-state index is 12.9. The van der Waals surface area contributed by atoms with Gasteiger partial charge in [-0.15, -0.1) is 0 Å². The highest BCUT2D eigenvalue weighted by Gasteiger charge is 2.36. The van der Waals surface area contributed by atoms with E-state index in [0.717, 1.165) is 18.5 Å². The standard InChI is InChI=1S/C20H17NO2/c22-19-15-9-4-5-10-16(15)20(23)18-17(19)11-6-12-21(18)13-14-7-2-1-3-8-14/h1-5,7-10H,6,11-13H2. The van der Waals surface area contributed by atoms with Crippen LogP contribution in [0.15, 0.2) is 65.9 Å². The van der Waals surface area contributed by atoms with Crippen LogP contribution in [0.1, 0.15) is 39.1 Å². The molecule has 3 heteroatoms. The topological polar surface area (TPSA) is 37.4 Å². The summed E-state index contributed by atoms with van der Waals surface area (Å²) in [5.41, 5.74) is 3.55. The second-order valence-corrected chi connectivity index (χ2v) is 6.04. The molecule has 0 amide bonds. The summed E-state index contributed by atoms with van der Waals surface area (Å²) >= 11 is 0. The summed E-state index contributed by atoms with van der Waals surface area (Å²) in [5.74, 6) is 0.0128. The Morgan fingerprint density at radius 1 is 0.826 bits per heavy atom. The minimum absolute atomic E-state index is 0.00849. The molecule has 0 atom stereocenters. The molecule has 0 bridgehead atoms. The van der Waals surface area contributed by atoms with E-state index in [1.165, 1.54) is 0 Å². The number of allylic oxidation sites excluding steroid dienone is 2. The van der Waals surface area contributed by atoms with Gasteiger partial charge in [0.15, 0.2) is 5.78 Å². The number of benzene rings is 2. The summed E-state index contributed by atoms with van der Waals surface area (Å²) in [6, 6.07) is 17.2. The van der Waals surface area contributed by atoms with E-state index < -0.39 is 0 Å². The minimum Gasteiger partial charge on any atom is -0.364 e. The molecule has 0 radical (unpaired) electrons. The third-order valence-corrected chi connectivity index (χ3v) is 4.58. The molecule has 1 heterocycles. The molecule has 2 aromatic rings. The number of nitrogens with zero attached hydrogens (tertiary/aromatic N) is 1. The van der Waals surface area contributed by atoms with Gasteiger partial charge >= 0.3 is 0 Å². The van der Waals surface area contributed by atoms with Crippen molar-refractivity contribution in [2.75, 3.05) is 6.54 Å². The molecule has 0 unspecified atom stereocenters. The lowest BCUT2D eigenvalue weighted by Crippen LogP contribution is -2.37. The van der Waals surface area contributed by atoms with Crippen molar-refractivity contribution in [3.8, 4) is 0 Å². The molecular weight excluding hydrogens is 286 g/mol. The lowest BCUT2D eigenvalue weighted by molar-refractivity contribution is 0.0922. The average Bonchev–Trinajstić information content (AvgIpc) is 2.60. The van der Waals surface area contributed by atoms with Crippen LogP contribution in [-0.4, -0.2) is 23.0 Å². The Labute approximate surface area is 135 Å². The molecule has 0 spiro atoms. The summed E-state index contributed by atoms with van der Waals surface area (Å²) in [7, 11) is 0. The summed E-state index contributed by atoms with van der Waals surface area (Å²) in [5, 5.41) is 0. The van der Waals surface area contributed by atoms with Gasteiger partial charge in [-0.05, 0) is 18.4 Å². The Kier molecular flexibility index (Phi) is 3.34. The van der Waals surface area contributed by atoms with Crippen LogP contribution in [0.4, 0.5) is 0 Å². The van der Waals surface area contributed by atoms with Crippen LogP contribution in [0.25, 0.3) is 0 Å². The molecule has 0 fully saturated rings. The number of rotatable bonds is 2. The minimum atomic E-state index is -0.00849. The lowest BCUT2D eigenvalue weighted by atomic mass is 9.83. The predicted octanol–water partition coefficient (Wildman–Crippen LogP) is 3.62. The van der Waals surface area contributed by atoms with Crippen molar-refractivity contribution in [3.63, 3.8) is 0 Å². The highest BCUT2D eigenvalue weighted by atomic mass is 16.1. The Morgan fingerprint density at radius 3 is 2.22 bits per heavy atom. The molecular formula is C20H17NO2. The van der Waals surface area contributed by atoms with Gasteiger partial charge in [-0.1, -0.05) is 54.6 Å². The van der Waals surface area contributed by atoms with Gasteiger partial charge in [0.2, 0.25) is 5.78 Å². The number of hydrogen-bond acceptors (Lipinski definition) is 3. The third-order valence-electron chi connectivity index (χ3n) is 4.58. The van der Waals surface area contributed by atoms with E-state index in [1.54, 1.807) is 12.1 Å². The predicted molar refractivity (Wildman–Crippen MR) is 88.2 cm³/mol.